The quantitative estimate of drug-likeness (QED) is 0.438. The lowest BCUT2D eigenvalue weighted by atomic mass is 10.1. The lowest BCUT2D eigenvalue weighted by Crippen LogP contribution is -2.22. The van der Waals surface area contributed by atoms with Gasteiger partial charge in [-0.25, -0.2) is 0 Å². The van der Waals surface area contributed by atoms with Gasteiger partial charge in [0.2, 0.25) is 0 Å². The van der Waals surface area contributed by atoms with Crippen LogP contribution in [0.1, 0.15) is 26.2 Å². The van der Waals surface area contributed by atoms with E-state index in [2.05, 4.69) is 0 Å². The van der Waals surface area contributed by atoms with Crippen LogP contribution in [0.25, 0.3) is 0 Å². The zero-order valence-corrected chi connectivity index (χ0v) is 8.22. The van der Waals surface area contributed by atoms with E-state index in [1.54, 1.807) is 6.92 Å². The van der Waals surface area contributed by atoms with E-state index in [0.29, 0.717) is 12.8 Å². The highest BCUT2D eigenvalue weighted by Gasteiger charge is 2.16. The standard InChI is InChI=1S/C10H16O4/c1-7-2-3-8(11)4-5-9(12)6-10(13)14-7/h4-5,7-9,11-12H,2-3,6H2,1H3/b5-4+/t7-,8+,9-/m1/s1. The Hall–Kier alpha value is -0.870. The second-order valence-electron chi connectivity index (χ2n) is 3.60. The second kappa shape index (κ2) is 5.12. The molecule has 0 aromatic rings. The van der Waals surface area contributed by atoms with E-state index >= 15 is 0 Å². The molecular weight excluding hydrogens is 184 g/mol. The van der Waals surface area contributed by atoms with Crippen LogP contribution in [0.2, 0.25) is 0 Å². The number of aliphatic hydroxyl groups is 2. The number of aliphatic hydroxyl groups excluding tert-OH is 2. The minimum atomic E-state index is -0.859. The van der Waals surface area contributed by atoms with Crippen LogP contribution in [-0.4, -0.2) is 34.5 Å². The summed E-state index contributed by atoms with van der Waals surface area (Å²) in [7, 11) is 0. The van der Waals surface area contributed by atoms with Crippen molar-refractivity contribution in [3.8, 4) is 0 Å². The molecule has 1 aliphatic rings. The summed E-state index contributed by atoms with van der Waals surface area (Å²) in [5, 5.41) is 18.7. The molecule has 1 rings (SSSR count). The fraction of sp³-hybridized carbons (Fsp3) is 0.700. The van der Waals surface area contributed by atoms with Gasteiger partial charge in [0.15, 0.2) is 0 Å². The summed E-state index contributed by atoms with van der Waals surface area (Å²) in [5.41, 5.74) is 0. The normalized spacial score (nSPS) is 37.4. The molecule has 0 saturated heterocycles. The van der Waals surface area contributed by atoms with Crippen molar-refractivity contribution in [1.29, 1.82) is 0 Å². The third-order valence-electron chi connectivity index (χ3n) is 2.13. The molecule has 3 atom stereocenters. The van der Waals surface area contributed by atoms with Crippen molar-refractivity contribution in [2.75, 3.05) is 0 Å². The Morgan fingerprint density at radius 2 is 1.93 bits per heavy atom. The van der Waals surface area contributed by atoms with E-state index in [4.69, 9.17) is 4.74 Å². The number of hydrogen-bond acceptors (Lipinski definition) is 4. The Kier molecular flexibility index (Phi) is 4.10. The van der Waals surface area contributed by atoms with Crippen LogP contribution in [0.4, 0.5) is 0 Å². The number of hydrogen-bond donors (Lipinski definition) is 2. The molecule has 0 unspecified atom stereocenters. The lowest BCUT2D eigenvalue weighted by molar-refractivity contribution is -0.150. The maximum absolute atomic E-state index is 11.1. The van der Waals surface area contributed by atoms with Gasteiger partial charge in [0, 0.05) is 0 Å². The van der Waals surface area contributed by atoms with Crippen LogP contribution < -0.4 is 0 Å². The van der Waals surface area contributed by atoms with Crippen LogP contribution in [0.15, 0.2) is 12.2 Å². The third kappa shape index (κ3) is 3.89. The molecule has 1 aliphatic heterocycles. The molecule has 0 saturated carbocycles. The molecule has 0 aromatic heterocycles. The van der Waals surface area contributed by atoms with Crippen molar-refractivity contribution in [2.24, 2.45) is 0 Å². The van der Waals surface area contributed by atoms with Crippen molar-refractivity contribution >= 4 is 5.97 Å². The maximum Gasteiger partial charge on any atom is 0.309 e. The first-order chi connectivity index (χ1) is 6.58. The monoisotopic (exact) mass is 200 g/mol. The van der Waals surface area contributed by atoms with E-state index in [1.165, 1.54) is 12.2 Å². The minimum absolute atomic E-state index is 0.0481. The molecule has 0 fully saturated rings. The van der Waals surface area contributed by atoms with Gasteiger partial charge in [-0.3, -0.25) is 4.79 Å². The van der Waals surface area contributed by atoms with E-state index in [0.717, 1.165) is 0 Å². The zero-order valence-electron chi connectivity index (χ0n) is 8.22. The largest absolute Gasteiger partial charge is 0.463 e. The van der Waals surface area contributed by atoms with E-state index in [-0.39, 0.29) is 12.5 Å². The van der Waals surface area contributed by atoms with E-state index < -0.39 is 18.2 Å². The van der Waals surface area contributed by atoms with Gasteiger partial charge in [0.25, 0.3) is 0 Å². The van der Waals surface area contributed by atoms with Crippen LogP contribution in [0.5, 0.6) is 0 Å². The first kappa shape index (κ1) is 11.2. The van der Waals surface area contributed by atoms with Gasteiger partial charge in [-0.2, -0.15) is 0 Å². The highest BCUT2D eigenvalue weighted by molar-refractivity contribution is 5.70. The molecule has 80 valence electrons. The van der Waals surface area contributed by atoms with Gasteiger partial charge < -0.3 is 14.9 Å². The number of carbonyl (C=O) groups is 1. The van der Waals surface area contributed by atoms with Gasteiger partial charge >= 0.3 is 5.97 Å². The summed E-state index contributed by atoms with van der Waals surface area (Å²) >= 11 is 0. The summed E-state index contributed by atoms with van der Waals surface area (Å²) in [5.74, 6) is -0.397. The topological polar surface area (TPSA) is 66.8 Å². The van der Waals surface area contributed by atoms with Crippen LogP contribution >= 0.6 is 0 Å². The van der Waals surface area contributed by atoms with Crippen LogP contribution in [0.3, 0.4) is 0 Å². The molecule has 4 nitrogen and oxygen atoms in total. The molecule has 0 amide bonds. The molecule has 0 aromatic carbocycles. The van der Waals surface area contributed by atoms with Crippen molar-refractivity contribution in [3.63, 3.8) is 0 Å². The number of carbonyl (C=O) groups excluding carboxylic acids is 1. The van der Waals surface area contributed by atoms with Gasteiger partial charge in [-0.1, -0.05) is 12.2 Å². The molecular formula is C10H16O4. The second-order valence-corrected chi connectivity index (χ2v) is 3.60. The third-order valence-corrected chi connectivity index (χ3v) is 2.13. The Morgan fingerprint density at radius 3 is 2.64 bits per heavy atom. The fourth-order valence-electron chi connectivity index (χ4n) is 1.33. The Balaban J connectivity index is 2.60. The van der Waals surface area contributed by atoms with Crippen LogP contribution in [-0.2, 0) is 9.53 Å². The molecule has 4 heteroatoms. The lowest BCUT2D eigenvalue weighted by Gasteiger charge is -2.17. The van der Waals surface area contributed by atoms with Crippen molar-refractivity contribution in [1.82, 2.24) is 0 Å². The first-order valence-corrected chi connectivity index (χ1v) is 4.82. The predicted octanol–water partition coefficient (Wildman–Crippen LogP) is 0.380. The molecule has 0 aliphatic carbocycles. The van der Waals surface area contributed by atoms with E-state index in [9.17, 15) is 15.0 Å². The smallest absolute Gasteiger partial charge is 0.309 e. The van der Waals surface area contributed by atoms with Gasteiger partial charge in [0.05, 0.1) is 24.7 Å². The molecule has 2 N–H and O–H groups in total. The summed E-state index contributed by atoms with van der Waals surface area (Å²) in [6.07, 6.45) is 2.46. The highest BCUT2D eigenvalue weighted by atomic mass is 16.5. The number of rotatable bonds is 0. The average Bonchev–Trinajstić information content (AvgIpc) is 2.10. The van der Waals surface area contributed by atoms with Gasteiger partial charge in [-0.05, 0) is 19.8 Å². The Labute approximate surface area is 83.2 Å². The Bertz CT molecular complexity index is 224. The van der Waals surface area contributed by atoms with Crippen molar-refractivity contribution in [3.05, 3.63) is 12.2 Å². The number of esters is 1. The van der Waals surface area contributed by atoms with Crippen LogP contribution in [0, 0.1) is 0 Å². The summed E-state index contributed by atoms with van der Waals surface area (Å²) < 4.78 is 5.00. The fourth-order valence-corrected chi connectivity index (χ4v) is 1.33. The number of ether oxygens (including phenoxy) is 1. The van der Waals surface area contributed by atoms with Gasteiger partial charge in [-0.15, -0.1) is 0 Å². The minimum Gasteiger partial charge on any atom is -0.463 e. The average molecular weight is 200 g/mol. The van der Waals surface area contributed by atoms with Crippen molar-refractivity contribution < 1.29 is 19.7 Å². The van der Waals surface area contributed by atoms with E-state index in [1.807, 2.05) is 0 Å². The molecule has 0 radical (unpaired) electrons. The first-order valence-electron chi connectivity index (χ1n) is 4.82. The molecule has 0 spiro atoms. The number of cyclic esters (lactones) is 1. The predicted molar refractivity (Wildman–Crippen MR) is 50.6 cm³/mol. The highest BCUT2D eigenvalue weighted by Crippen LogP contribution is 2.10. The molecule has 14 heavy (non-hydrogen) atoms. The summed E-state index contributed by atoms with van der Waals surface area (Å²) in [6, 6.07) is 0. The van der Waals surface area contributed by atoms with Crippen molar-refractivity contribution in [2.45, 2.75) is 44.5 Å². The summed E-state index contributed by atoms with van der Waals surface area (Å²) in [4.78, 5) is 11.1. The maximum atomic E-state index is 11.1. The Morgan fingerprint density at radius 1 is 1.29 bits per heavy atom. The zero-order chi connectivity index (χ0) is 10.6. The molecule has 1 heterocycles. The van der Waals surface area contributed by atoms with Gasteiger partial charge in [0.1, 0.15) is 0 Å². The SMILES string of the molecule is C[C@@H]1CC[C@H](O)/C=C/[C@@H](O)CC(=O)O1. The molecule has 0 bridgehead atoms. The summed E-state index contributed by atoms with van der Waals surface area (Å²) in [6.45, 7) is 1.78.